The minimum absolute atomic E-state index is 0.0465. The van der Waals surface area contributed by atoms with E-state index in [0.717, 1.165) is 55.1 Å². The molecule has 1 saturated heterocycles. The molecule has 1 amide bonds. The van der Waals surface area contributed by atoms with Gasteiger partial charge in [0.15, 0.2) is 11.5 Å². The van der Waals surface area contributed by atoms with E-state index < -0.39 is 17.5 Å². The summed E-state index contributed by atoms with van der Waals surface area (Å²) in [6.45, 7) is 3.71. The van der Waals surface area contributed by atoms with E-state index >= 15 is 0 Å². The van der Waals surface area contributed by atoms with E-state index in [9.17, 15) is 13.6 Å². The molecule has 4 rings (SSSR count). The Morgan fingerprint density at radius 1 is 1.22 bits per heavy atom. The number of amides is 1. The van der Waals surface area contributed by atoms with Gasteiger partial charge in [-0.3, -0.25) is 4.79 Å². The van der Waals surface area contributed by atoms with Crippen LogP contribution in [0.4, 0.5) is 14.6 Å². The van der Waals surface area contributed by atoms with E-state index in [1.165, 1.54) is 6.07 Å². The zero-order valence-electron chi connectivity index (χ0n) is 14.9. The Labute approximate surface area is 154 Å². The van der Waals surface area contributed by atoms with E-state index in [0.29, 0.717) is 0 Å². The SMILES string of the molecule is Cc1cn2nc(C(=O)NCc3ccc(F)cc3F)cc2c(N2CCCC2)n1. The molecule has 3 heterocycles. The van der Waals surface area contributed by atoms with Gasteiger partial charge in [-0.05, 0) is 25.8 Å². The molecule has 140 valence electrons. The average Bonchev–Trinajstić information content (AvgIpc) is 3.29. The summed E-state index contributed by atoms with van der Waals surface area (Å²) < 4.78 is 28.4. The Bertz CT molecular complexity index is 1010. The van der Waals surface area contributed by atoms with Crippen molar-refractivity contribution in [3.05, 3.63) is 59.0 Å². The lowest BCUT2D eigenvalue weighted by Crippen LogP contribution is -2.23. The zero-order chi connectivity index (χ0) is 19.0. The summed E-state index contributed by atoms with van der Waals surface area (Å²) in [5, 5.41) is 6.97. The number of benzene rings is 1. The number of aryl methyl sites for hydroxylation is 1. The fourth-order valence-corrected chi connectivity index (χ4v) is 3.29. The number of hydrogen-bond acceptors (Lipinski definition) is 4. The monoisotopic (exact) mass is 371 g/mol. The van der Waals surface area contributed by atoms with Gasteiger partial charge in [-0.25, -0.2) is 18.3 Å². The molecule has 0 atom stereocenters. The molecule has 1 aliphatic heterocycles. The van der Waals surface area contributed by atoms with Gasteiger partial charge in [0.2, 0.25) is 0 Å². The van der Waals surface area contributed by atoms with E-state index in [2.05, 4.69) is 20.3 Å². The van der Waals surface area contributed by atoms with Gasteiger partial charge in [0.1, 0.15) is 17.2 Å². The van der Waals surface area contributed by atoms with Crippen molar-refractivity contribution < 1.29 is 13.6 Å². The molecule has 8 heteroatoms. The number of halogens is 2. The van der Waals surface area contributed by atoms with Gasteiger partial charge >= 0.3 is 0 Å². The molecule has 1 aliphatic rings. The number of hydrogen-bond donors (Lipinski definition) is 1. The molecule has 0 radical (unpaired) electrons. The first kappa shape index (κ1) is 17.4. The molecule has 1 N–H and O–H groups in total. The van der Waals surface area contributed by atoms with Gasteiger partial charge in [-0.15, -0.1) is 0 Å². The number of nitrogens with one attached hydrogen (secondary N) is 1. The zero-order valence-corrected chi connectivity index (χ0v) is 14.9. The van der Waals surface area contributed by atoms with Crippen LogP contribution in [0.15, 0.2) is 30.5 Å². The van der Waals surface area contributed by atoms with Crippen molar-refractivity contribution in [2.75, 3.05) is 18.0 Å². The van der Waals surface area contributed by atoms with Crippen LogP contribution in [0.5, 0.6) is 0 Å². The average molecular weight is 371 g/mol. The van der Waals surface area contributed by atoms with Crippen LogP contribution in [0.3, 0.4) is 0 Å². The second kappa shape index (κ2) is 6.94. The number of aromatic nitrogens is 3. The highest BCUT2D eigenvalue weighted by Crippen LogP contribution is 2.24. The second-order valence-corrected chi connectivity index (χ2v) is 6.68. The van der Waals surface area contributed by atoms with Crippen LogP contribution in [-0.4, -0.2) is 33.6 Å². The summed E-state index contributed by atoms with van der Waals surface area (Å²) in [4.78, 5) is 19.3. The van der Waals surface area contributed by atoms with E-state index in [1.807, 2.05) is 6.92 Å². The third kappa shape index (κ3) is 3.47. The standard InChI is InChI=1S/C19H19F2N5O/c1-12-11-26-17(18(23-12)25-6-2-3-7-25)9-16(24-26)19(27)22-10-13-4-5-14(20)8-15(13)21/h4-5,8-9,11H,2-3,6-7,10H2,1H3,(H,22,27). The minimum atomic E-state index is -0.693. The van der Waals surface area contributed by atoms with Crippen LogP contribution in [0.1, 0.15) is 34.6 Å². The number of anilines is 1. The summed E-state index contributed by atoms with van der Waals surface area (Å²) in [5.41, 5.74) is 2.02. The molecule has 0 aliphatic carbocycles. The van der Waals surface area contributed by atoms with Gasteiger partial charge in [0.25, 0.3) is 5.91 Å². The summed E-state index contributed by atoms with van der Waals surface area (Å²) in [6.07, 6.45) is 4.00. The normalized spacial score (nSPS) is 14.1. The molecular formula is C19H19F2N5O. The third-order valence-corrected chi connectivity index (χ3v) is 4.65. The maximum absolute atomic E-state index is 13.7. The predicted octanol–water partition coefficient (Wildman–Crippen LogP) is 2.85. The lowest BCUT2D eigenvalue weighted by molar-refractivity contribution is 0.0945. The van der Waals surface area contributed by atoms with Crippen molar-refractivity contribution in [1.82, 2.24) is 19.9 Å². The van der Waals surface area contributed by atoms with Crippen molar-refractivity contribution in [2.45, 2.75) is 26.3 Å². The van der Waals surface area contributed by atoms with Crippen molar-refractivity contribution in [3.63, 3.8) is 0 Å². The van der Waals surface area contributed by atoms with E-state index in [-0.39, 0.29) is 17.8 Å². The molecular weight excluding hydrogens is 352 g/mol. The van der Waals surface area contributed by atoms with Gasteiger partial charge < -0.3 is 10.2 Å². The first-order valence-electron chi connectivity index (χ1n) is 8.85. The lowest BCUT2D eigenvalue weighted by atomic mass is 10.2. The maximum atomic E-state index is 13.7. The van der Waals surface area contributed by atoms with Crippen LogP contribution in [0.2, 0.25) is 0 Å². The van der Waals surface area contributed by atoms with Crippen molar-refractivity contribution >= 4 is 17.2 Å². The fraction of sp³-hybridized carbons (Fsp3) is 0.316. The smallest absolute Gasteiger partial charge is 0.272 e. The largest absolute Gasteiger partial charge is 0.355 e. The van der Waals surface area contributed by atoms with Crippen LogP contribution in [0.25, 0.3) is 5.52 Å². The van der Waals surface area contributed by atoms with Gasteiger partial charge in [0.05, 0.1) is 11.9 Å². The van der Waals surface area contributed by atoms with E-state index in [1.54, 1.807) is 16.8 Å². The molecule has 2 aromatic heterocycles. The fourth-order valence-electron chi connectivity index (χ4n) is 3.29. The molecule has 0 bridgehead atoms. The Kier molecular flexibility index (Phi) is 4.47. The topological polar surface area (TPSA) is 62.5 Å². The molecule has 3 aromatic rings. The second-order valence-electron chi connectivity index (χ2n) is 6.68. The molecule has 1 aromatic carbocycles. The number of rotatable bonds is 4. The van der Waals surface area contributed by atoms with Crippen LogP contribution in [0, 0.1) is 18.6 Å². The highest BCUT2D eigenvalue weighted by Gasteiger charge is 2.20. The quantitative estimate of drug-likeness (QED) is 0.766. The Morgan fingerprint density at radius 3 is 2.74 bits per heavy atom. The Hall–Kier alpha value is -3.03. The molecule has 6 nitrogen and oxygen atoms in total. The van der Waals surface area contributed by atoms with Crippen LogP contribution in [-0.2, 0) is 6.54 Å². The first-order valence-corrected chi connectivity index (χ1v) is 8.85. The number of carbonyl (C=O) groups excluding carboxylic acids is 1. The van der Waals surface area contributed by atoms with Crippen LogP contribution >= 0.6 is 0 Å². The molecule has 1 fully saturated rings. The molecule has 0 unspecified atom stereocenters. The minimum Gasteiger partial charge on any atom is -0.355 e. The van der Waals surface area contributed by atoms with Crippen molar-refractivity contribution in [1.29, 1.82) is 0 Å². The van der Waals surface area contributed by atoms with Crippen LogP contribution < -0.4 is 10.2 Å². The maximum Gasteiger partial charge on any atom is 0.272 e. The van der Waals surface area contributed by atoms with Gasteiger partial charge in [-0.1, -0.05) is 6.07 Å². The summed E-state index contributed by atoms with van der Waals surface area (Å²) in [5.74, 6) is -0.947. The van der Waals surface area contributed by atoms with E-state index in [4.69, 9.17) is 0 Å². The molecule has 0 spiro atoms. The van der Waals surface area contributed by atoms with Crippen molar-refractivity contribution in [2.24, 2.45) is 0 Å². The molecule has 0 saturated carbocycles. The number of carbonyl (C=O) groups is 1. The number of fused-ring (bicyclic) bond motifs is 1. The summed E-state index contributed by atoms with van der Waals surface area (Å²) in [6, 6.07) is 4.96. The van der Waals surface area contributed by atoms with Gasteiger partial charge in [0, 0.05) is 37.3 Å². The summed E-state index contributed by atoms with van der Waals surface area (Å²) in [7, 11) is 0. The first-order chi connectivity index (χ1) is 13.0. The van der Waals surface area contributed by atoms with Gasteiger partial charge in [-0.2, -0.15) is 5.10 Å². The summed E-state index contributed by atoms with van der Waals surface area (Å²) >= 11 is 0. The molecule has 27 heavy (non-hydrogen) atoms. The Morgan fingerprint density at radius 2 is 2.00 bits per heavy atom. The third-order valence-electron chi connectivity index (χ3n) is 4.65. The van der Waals surface area contributed by atoms with Crippen molar-refractivity contribution in [3.8, 4) is 0 Å². The highest BCUT2D eigenvalue weighted by molar-refractivity contribution is 5.94. The Balaban J connectivity index is 1.58. The number of nitrogens with zero attached hydrogens (tertiary/aromatic N) is 4. The lowest BCUT2D eigenvalue weighted by Gasteiger charge is -2.17. The predicted molar refractivity (Wildman–Crippen MR) is 96.7 cm³/mol. The highest BCUT2D eigenvalue weighted by atomic mass is 19.1.